The normalized spacial score (nSPS) is 16.1. The molecule has 2 heterocycles. The van der Waals surface area contributed by atoms with Crippen LogP contribution in [0.3, 0.4) is 0 Å². The average Bonchev–Trinajstić information content (AvgIpc) is 2.90. The van der Waals surface area contributed by atoms with E-state index in [1.165, 1.54) is 0 Å². The number of nitrogens with zero attached hydrogens (tertiary/aromatic N) is 2. The summed E-state index contributed by atoms with van der Waals surface area (Å²) >= 11 is 6.28. The van der Waals surface area contributed by atoms with Crippen LogP contribution in [0.2, 0.25) is 5.02 Å². The summed E-state index contributed by atoms with van der Waals surface area (Å²) < 4.78 is 0. The minimum absolute atomic E-state index is 0.0526. The monoisotopic (exact) mass is 335 g/mol. The predicted molar refractivity (Wildman–Crippen MR) is 95.3 cm³/mol. The van der Waals surface area contributed by atoms with Crippen LogP contribution in [0.5, 0.6) is 0 Å². The largest absolute Gasteiger partial charge is 0.360 e. The average molecular weight is 336 g/mol. The van der Waals surface area contributed by atoms with Gasteiger partial charge in [-0.3, -0.25) is 14.7 Å². The van der Waals surface area contributed by atoms with E-state index in [0.717, 1.165) is 16.9 Å². The van der Waals surface area contributed by atoms with E-state index in [0.29, 0.717) is 10.6 Å². The highest BCUT2D eigenvalue weighted by Crippen LogP contribution is 2.38. The van der Waals surface area contributed by atoms with E-state index in [2.05, 4.69) is 10.3 Å². The van der Waals surface area contributed by atoms with Crippen LogP contribution in [0.1, 0.15) is 22.1 Å². The van der Waals surface area contributed by atoms with Crippen molar-refractivity contribution in [1.29, 1.82) is 0 Å². The lowest BCUT2D eigenvalue weighted by molar-refractivity contribution is 0.0993. The van der Waals surface area contributed by atoms with Gasteiger partial charge in [0.15, 0.2) is 0 Å². The van der Waals surface area contributed by atoms with Gasteiger partial charge in [0.2, 0.25) is 0 Å². The molecule has 5 heteroatoms. The maximum Gasteiger partial charge on any atom is 0.260 e. The number of benzene rings is 2. The number of anilines is 2. The van der Waals surface area contributed by atoms with Crippen molar-refractivity contribution in [2.45, 2.75) is 6.17 Å². The summed E-state index contributed by atoms with van der Waals surface area (Å²) in [5.74, 6) is -0.0526. The Morgan fingerprint density at radius 1 is 1.00 bits per heavy atom. The topological polar surface area (TPSA) is 45.2 Å². The van der Waals surface area contributed by atoms with Crippen molar-refractivity contribution in [1.82, 2.24) is 4.98 Å². The Balaban J connectivity index is 1.81. The standard InChI is InChI=1S/C19H14ClN3O/c20-16-9-3-4-10-17(16)22-18-14-7-1-2-8-15(14)19(24)23(18)13-6-5-11-21-12-13/h1-12,18,22H. The third kappa shape index (κ3) is 2.41. The van der Waals surface area contributed by atoms with Gasteiger partial charge in [0.1, 0.15) is 6.17 Å². The van der Waals surface area contributed by atoms with Crippen molar-refractivity contribution in [3.63, 3.8) is 0 Å². The number of hydrogen-bond donors (Lipinski definition) is 1. The van der Waals surface area contributed by atoms with Gasteiger partial charge in [0, 0.05) is 17.3 Å². The molecule has 4 nitrogen and oxygen atoms in total. The highest BCUT2D eigenvalue weighted by atomic mass is 35.5. The summed E-state index contributed by atoms with van der Waals surface area (Å²) in [6.45, 7) is 0. The highest BCUT2D eigenvalue weighted by Gasteiger charge is 2.37. The fourth-order valence-electron chi connectivity index (χ4n) is 2.95. The van der Waals surface area contributed by atoms with E-state index in [1.54, 1.807) is 17.3 Å². The van der Waals surface area contributed by atoms with E-state index in [4.69, 9.17) is 11.6 Å². The minimum Gasteiger partial charge on any atom is -0.360 e. The number of carbonyl (C=O) groups excluding carboxylic acids is 1. The number of amides is 1. The van der Waals surface area contributed by atoms with Crippen molar-refractivity contribution >= 4 is 28.9 Å². The van der Waals surface area contributed by atoms with E-state index < -0.39 is 0 Å². The van der Waals surface area contributed by atoms with Crippen molar-refractivity contribution < 1.29 is 4.79 Å². The van der Waals surface area contributed by atoms with Crippen LogP contribution in [0.4, 0.5) is 11.4 Å². The molecule has 24 heavy (non-hydrogen) atoms. The van der Waals surface area contributed by atoms with E-state index >= 15 is 0 Å². The molecule has 1 unspecified atom stereocenters. The molecule has 0 radical (unpaired) electrons. The zero-order chi connectivity index (χ0) is 16.5. The molecule has 0 saturated carbocycles. The number of fused-ring (bicyclic) bond motifs is 1. The molecule has 1 amide bonds. The molecule has 1 aliphatic heterocycles. The fourth-order valence-corrected chi connectivity index (χ4v) is 3.14. The third-order valence-electron chi connectivity index (χ3n) is 4.05. The summed E-state index contributed by atoms with van der Waals surface area (Å²) in [7, 11) is 0. The summed E-state index contributed by atoms with van der Waals surface area (Å²) in [5, 5.41) is 4.00. The summed E-state index contributed by atoms with van der Waals surface area (Å²) in [6, 6.07) is 18.8. The number of carbonyl (C=O) groups is 1. The van der Waals surface area contributed by atoms with Gasteiger partial charge in [-0.05, 0) is 30.3 Å². The Morgan fingerprint density at radius 3 is 2.58 bits per heavy atom. The van der Waals surface area contributed by atoms with Crippen molar-refractivity contribution in [3.05, 3.63) is 89.2 Å². The Bertz CT molecular complexity index is 898. The molecule has 1 N–H and O–H groups in total. The number of rotatable bonds is 3. The van der Waals surface area contributed by atoms with Crippen LogP contribution in [0.25, 0.3) is 0 Å². The molecule has 1 atom stereocenters. The Labute approximate surface area is 144 Å². The molecule has 1 aromatic heterocycles. The Morgan fingerprint density at radius 2 is 1.79 bits per heavy atom. The van der Waals surface area contributed by atoms with Gasteiger partial charge in [-0.25, -0.2) is 0 Å². The van der Waals surface area contributed by atoms with Crippen LogP contribution in [0.15, 0.2) is 73.1 Å². The molecule has 0 aliphatic carbocycles. The third-order valence-corrected chi connectivity index (χ3v) is 4.38. The second-order valence-corrected chi connectivity index (χ2v) is 5.91. The molecule has 2 aromatic carbocycles. The maximum absolute atomic E-state index is 12.9. The van der Waals surface area contributed by atoms with Crippen LogP contribution in [-0.4, -0.2) is 10.9 Å². The van der Waals surface area contributed by atoms with E-state index in [-0.39, 0.29) is 12.1 Å². The number of pyridine rings is 1. The highest BCUT2D eigenvalue weighted by molar-refractivity contribution is 6.33. The molecule has 4 rings (SSSR count). The van der Waals surface area contributed by atoms with E-state index in [1.807, 2.05) is 60.7 Å². The second kappa shape index (κ2) is 5.98. The first-order valence-corrected chi connectivity index (χ1v) is 7.97. The Hall–Kier alpha value is -2.85. The molecular formula is C19H14ClN3O. The number of hydrogen-bond acceptors (Lipinski definition) is 3. The lowest BCUT2D eigenvalue weighted by atomic mass is 10.1. The first-order chi connectivity index (χ1) is 11.8. The number of nitrogens with one attached hydrogen (secondary N) is 1. The molecule has 0 spiro atoms. The Kier molecular flexibility index (Phi) is 3.67. The number of aromatic nitrogens is 1. The summed E-state index contributed by atoms with van der Waals surface area (Å²) in [4.78, 5) is 18.8. The van der Waals surface area contributed by atoms with Crippen LogP contribution in [0, 0.1) is 0 Å². The van der Waals surface area contributed by atoms with Gasteiger partial charge < -0.3 is 5.32 Å². The number of para-hydroxylation sites is 1. The van der Waals surface area contributed by atoms with Gasteiger partial charge in [-0.1, -0.05) is 41.9 Å². The zero-order valence-electron chi connectivity index (χ0n) is 12.7. The lowest BCUT2D eigenvalue weighted by Gasteiger charge is -2.27. The van der Waals surface area contributed by atoms with Gasteiger partial charge in [0.05, 0.1) is 22.6 Å². The van der Waals surface area contributed by atoms with Crippen molar-refractivity contribution in [3.8, 4) is 0 Å². The SMILES string of the molecule is O=C1c2ccccc2C(Nc2ccccc2Cl)N1c1cccnc1. The fraction of sp³-hybridized carbons (Fsp3) is 0.0526. The molecule has 1 aliphatic rings. The summed E-state index contributed by atoms with van der Waals surface area (Å²) in [5.41, 5.74) is 3.13. The van der Waals surface area contributed by atoms with Crippen LogP contribution in [-0.2, 0) is 0 Å². The first-order valence-electron chi connectivity index (χ1n) is 7.59. The van der Waals surface area contributed by atoms with Crippen LogP contribution >= 0.6 is 11.6 Å². The minimum atomic E-state index is -0.335. The molecule has 0 bridgehead atoms. The molecule has 0 saturated heterocycles. The number of halogens is 1. The van der Waals surface area contributed by atoms with E-state index in [9.17, 15) is 4.79 Å². The second-order valence-electron chi connectivity index (χ2n) is 5.50. The molecular weight excluding hydrogens is 322 g/mol. The van der Waals surface area contributed by atoms with Gasteiger partial charge in [-0.2, -0.15) is 0 Å². The first kappa shape index (κ1) is 14.7. The molecule has 118 valence electrons. The molecule has 3 aromatic rings. The lowest BCUT2D eigenvalue weighted by Crippen LogP contribution is -2.32. The van der Waals surface area contributed by atoms with Gasteiger partial charge in [-0.15, -0.1) is 0 Å². The van der Waals surface area contributed by atoms with Crippen molar-refractivity contribution in [2.24, 2.45) is 0 Å². The quantitative estimate of drug-likeness (QED) is 0.766. The molecule has 0 fully saturated rings. The zero-order valence-corrected chi connectivity index (χ0v) is 13.4. The van der Waals surface area contributed by atoms with Crippen LogP contribution < -0.4 is 10.2 Å². The summed E-state index contributed by atoms with van der Waals surface area (Å²) in [6.07, 6.45) is 3.04. The smallest absolute Gasteiger partial charge is 0.260 e. The van der Waals surface area contributed by atoms with Crippen molar-refractivity contribution in [2.75, 3.05) is 10.2 Å². The van der Waals surface area contributed by atoms with Gasteiger partial charge >= 0.3 is 0 Å². The van der Waals surface area contributed by atoms with Gasteiger partial charge in [0.25, 0.3) is 5.91 Å². The predicted octanol–water partition coefficient (Wildman–Crippen LogP) is 4.51. The maximum atomic E-state index is 12.9.